The number of rotatable bonds is 5. The highest BCUT2D eigenvalue weighted by Crippen LogP contribution is 2.67. The van der Waals surface area contributed by atoms with Crippen molar-refractivity contribution < 1.29 is 5.11 Å². The summed E-state index contributed by atoms with van der Waals surface area (Å²) in [4.78, 5) is 0. The Morgan fingerprint density at radius 3 is 2.67 bits per heavy atom. The maximum absolute atomic E-state index is 10.1. The van der Waals surface area contributed by atoms with E-state index in [-0.39, 0.29) is 6.10 Å². The molecule has 4 rings (SSSR count). The number of allylic oxidation sites excluding steroid dienone is 1. The SMILES string of the molecule is CNCCN[C@@H](C)[C@H]1CCC2C3CCC4=C[C@H](O)CC[C@]4(C)C3CC[C@@]21C. The standard InChI is InChI=1S/C24H42N2O/c1-16(26-14-13-25-4)20-7-8-21-19-6-5-17-15-18(27)9-11-23(17,2)22(19)10-12-24(20,21)3/h15-16,18-22,25-27H,5-14H2,1-4H3/t16-,18+,19?,20+,21?,22?,23-,24+/m0/s1. The third-order valence-electron chi connectivity index (χ3n) is 9.61. The van der Waals surface area contributed by atoms with Gasteiger partial charge in [-0.3, -0.25) is 0 Å². The highest BCUT2D eigenvalue weighted by atomic mass is 16.3. The number of fused-ring (bicyclic) bond motifs is 5. The molecule has 0 aliphatic heterocycles. The van der Waals surface area contributed by atoms with E-state index in [0.29, 0.717) is 16.9 Å². The van der Waals surface area contributed by atoms with Crippen molar-refractivity contribution in [2.24, 2.45) is 34.5 Å². The molecule has 8 atom stereocenters. The summed E-state index contributed by atoms with van der Waals surface area (Å²) < 4.78 is 0. The number of aliphatic hydroxyl groups is 1. The molecule has 0 saturated heterocycles. The molecule has 0 bridgehead atoms. The Balaban J connectivity index is 1.51. The van der Waals surface area contributed by atoms with Gasteiger partial charge in [-0.05, 0) is 99.8 Å². The predicted molar refractivity (Wildman–Crippen MR) is 113 cm³/mol. The van der Waals surface area contributed by atoms with Gasteiger partial charge >= 0.3 is 0 Å². The van der Waals surface area contributed by atoms with Crippen LogP contribution in [0.4, 0.5) is 0 Å². The van der Waals surface area contributed by atoms with E-state index in [9.17, 15) is 5.11 Å². The molecule has 3 heteroatoms. The first kappa shape index (κ1) is 19.9. The summed E-state index contributed by atoms with van der Waals surface area (Å²) in [5, 5.41) is 17.2. The van der Waals surface area contributed by atoms with Gasteiger partial charge in [-0.25, -0.2) is 0 Å². The molecular formula is C24H42N2O. The van der Waals surface area contributed by atoms with E-state index in [1.54, 1.807) is 5.57 Å². The Morgan fingerprint density at radius 1 is 1.07 bits per heavy atom. The number of nitrogens with one attached hydrogen (secondary N) is 2. The van der Waals surface area contributed by atoms with Crippen LogP contribution in [0.3, 0.4) is 0 Å². The number of hydrogen-bond donors (Lipinski definition) is 3. The van der Waals surface area contributed by atoms with Crippen molar-refractivity contribution in [3.63, 3.8) is 0 Å². The molecule has 3 N–H and O–H groups in total. The second-order valence-corrected chi connectivity index (χ2v) is 10.7. The van der Waals surface area contributed by atoms with Gasteiger partial charge in [0.1, 0.15) is 0 Å². The van der Waals surface area contributed by atoms with E-state index in [4.69, 9.17) is 0 Å². The molecule has 0 amide bonds. The molecule has 0 aromatic carbocycles. The first-order valence-corrected chi connectivity index (χ1v) is 11.7. The summed E-state index contributed by atoms with van der Waals surface area (Å²) in [5.74, 6) is 3.52. The number of likely N-dealkylation sites (N-methyl/N-ethyl adjacent to an activating group) is 1. The highest BCUT2D eigenvalue weighted by molar-refractivity contribution is 5.25. The fourth-order valence-electron chi connectivity index (χ4n) is 8.14. The first-order chi connectivity index (χ1) is 12.9. The van der Waals surface area contributed by atoms with E-state index in [1.165, 1.54) is 44.9 Å². The summed E-state index contributed by atoms with van der Waals surface area (Å²) in [5.41, 5.74) is 2.50. The highest BCUT2D eigenvalue weighted by Gasteiger charge is 2.59. The van der Waals surface area contributed by atoms with Crippen LogP contribution in [0, 0.1) is 34.5 Å². The van der Waals surface area contributed by atoms with Crippen LogP contribution in [-0.4, -0.2) is 37.4 Å². The molecule has 0 spiro atoms. The lowest BCUT2D eigenvalue weighted by Gasteiger charge is -2.59. The van der Waals surface area contributed by atoms with E-state index >= 15 is 0 Å². The lowest BCUT2D eigenvalue weighted by atomic mass is 9.46. The van der Waals surface area contributed by atoms with Gasteiger partial charge in [-0.15, -0.1) is 0 Å². The third kappa shape index (κ3) is 3.22. The Labute approximate surface area is 166 Å². The maximum Gasteiger partial charge on any atom is 0.0724 e. The van der Waals surface area contributed by atoms with Crippen LogP contribution < -0.4 is 10.6 Å². The summed E-state index contributed by atoms with van der Waals surface area (Å²) in [6.45, 7) is 9.75. The van der Waals surface area contributed by atoms with Gasteiger partial charge in [-0.2, -0.15) is 0 Å². The Hall–Kier alpha value is -0.380. The number of aliphatic hydroxyl groups excluding tert-OH is 1. The first-order valence-electron chi connectivity index (χ1n) is 11.7. The van der Waals surface area contributed by atoms with Crippen LogP contribution >= 0.6 is 0 Å². The molecule has 4 aliphatic carbocycles. The molecule has 0 heterocycles. The molecule has 0 aromatic heterocycles. The van der Waals surface area contributed by atoms with Crippen LogP contribution in [0.25, 0.3) is 0 Å². The number of hydrogen-bond acceptors (Lipinski definition) is 3. The zero-order valence-corrected chi connectivity index (χ0v) is 18.1. The Bertz CT molecular complexity index is 575. The average Bonchev–Trinajstić information content (AvgIpc) is 3.00. The van der Waals surface area contributed by atoms with Crippen molar-refractivity contribution in [2.45, 2.75) is 84.3 Å². The van der Waals surface area contributed by atoms with Crippen LogP contribution in [0.5, 0.6) is 0 Å². The molecule has 3 unspecified atom stereocenters. The molecule has 27 heavy (non-hydrogen) atoms. The minimum atomic E-state index is -0.182. The fraction of sp³-hybridized carbons (Fsp3) is 0.917. The van der Waals surface area contributed by atoms with Crippen molar-refractivity contribution >= 4 is 0 Å². The van der Waals surface area contributed by atoms with Crippen LogP contribution in [0.2, 0.25) is 0 Å². The van der Waals surface area contributed by atoms with Gasteiger partial charge in [-0.1, -0.05) is 25.5 Å². The van der Waals surface area contributed by atoms with E-state index in [0.717, 1.165) is 43.2 Å². The van der Waals surface area contributed by atoms with Crippen molar-refractivity contribution in [3.8, 4) is 0 Å². The summed E-state index contributed by atoms with van der Waals surface area (Å²) in [6.07, 6.45) is 12.5. The van der Waals surface area contributed by atoms with Crippen LogP contribution in [-0.2, 0) is 0 Å². The zero-order valence-electron chi connectivity index (χ0n) is 18.1. The van der Waals surface area contributed by atoms with Gasteiger partial charge in [0.25, 0.3) is 0 Å². The molecular weight excluding hydrogens is 332 g/mol. The Kier molecular flexibility index (Phi) is 5.50. The van der Waals surface area contributed by atoms with Crippen LogP contribution in [0.15, 0.2) is 11.6 Å². The normalized spacial score (nSPS) is 47.6. The topological polar surface area (TPSA) is 44.3 Å². The smallest absolute Gasteiger partial charge is 0.0724 e. The summed E-state index contributed by atoms with van der Waals surface area (Å²) in [7, 11) is 2.04. The molecule has 3 fully saturated rings. The molecule has 3 saturated carbocycles. The molecule has 0 aromatic rings. The zero-order chi connectivity index (χ0) is 19.2. The van der Waals surface area contributed by atoms with Gasteiger partial charge in [0.05, 0.1) is 6.10 Å². The van der Waals surface area contributed by atoms with Crippen LogP contribution in [0.1, 0.15) is 72.1 Å². The third-order valence-corrected chi connectivity index (χ3v) is 9.61. The minimum Gasteiger partial charge on any atom is -0.389 e. The minimum absolute atomic E-state index is 0.182. The van der Waals surface area contributed by atoms with Gasteiger partial charge in [0.15, 0.2) is 0 Å². The Morgan fingerprint density at radius 2 is 1.89 bits per heavy atom. The van der Waals surface area contributed by atoms with E-state index in [2.05, 4.69) is 37.5 Å². The lowest BCUT2D eigenvalue weighted by Crippen LogP contribution is -2.52. The quantitative estimate of drug-likeness (QED) is 0.501. The molecule has 4 aliphatic rings. The fourth-order valence-corrected chi connectivity index (χ4v) is 8.14. The van der Waals surface area contributed by atoms with Crippen molar-refractivity contribution in [2.75, 3.05) is 20.1 Å². The van der Waals surface area contributed by atoms with E-state index < -0.39 is 0 Å². The van der Waals surface area contributed by atoms with Gasteiger partial charge in [0, 0.05) is 19.1 Å². The van der Waals surface area contributed by atoms with Crippen molar-refractivity contribution in [1.29, 1.82) is 0 Å². The van der Waals surface area contributed by atoms with Gasteiger partial charge in [0.2, 0.25) is 0 Å². The molecule has 154 valence electrons. The van der Waals surface area contributed by atoms with Crippen molar-refractivity contribution in [1.82, 2.24) is 10.6 Å². The van der Waals surface area contributed by atoms with Crippen molar-refractivity contribution in [3.05, 3.63) is 11.6 Å². The predicted octanol–water partition coefficient (Wildman–Crippen LogP) is 4.12. The molecule has 0 radical (unpaired) electrons. The van der Waals surface area contributed by atoms with Gasteiger partial charge < -0.3 is 15.7 Å². The second kappa shape index (κ2) is 7.46. The van der Waals surface area contributed by atoms with E-state index in [1.807, 2.05) is 7.05 Å². The second-order valence-electron chi connectivity index (χ2n) is 10.7. The summed E-state index contributed by atoms with van der Waals surface area (Å²) >= 11 is 0. The lowest BCUT2D eigenvalue weighted by molar-refractivity contribution is -0.0589. The molecule has 3 nitrogen and oxygen atoms in total. The average molecular weight is 375 g/mol. The summed E-state index contributed by atoms with van der Waals surface area (Å²) in [6, 6.07) is 0.629. The monoisotopic (exact) mass is 374 g/mol. The maximum atomic E-state index is 10.1. The largest absolute Gasteiger partial charge is 0.389 e.